The number of nitrogens with one attached hydrogen (secondary N) is 1. The van der Waals surface area contributed by atoms with Gasteiger partial charge in [0.15, 0.2) is 0 Å². The Kier molecular flexibility index (Phi) is 4.57. The molecule has 0 fully saturated rings. The summed E-state index contributed by atoms with van der Waals surface area (Å²) >= 11 is 0. The van der Waals surface area contributed by atoms with Gasteiger partial charge in [-0.15, -0.1) is 0 Å². The van der Waals surface area contributed by atoms with E-state index < -0.39 is 11.7 Å². The molecule has 0 saturated carbocycles. The fourth-order valence-corrected chi connectivity index (χ4v) is 1.37. The predicted molar refractivity (Wildman–Crippen MR) is 62.6 cm³/mol. The number of rotatable bonds is 4. The first-order valence-corrected chi connectivity index (χ1v) is 5.70. The van der Waals surface area contributed by atoms with Crippen molar-refractivity contribution < 1.29 is 13.2 Å². The van der Waals surface area contributed by atoms with Crippen molar-refractivity contribution in [3.8, 4) is 0 Å². The molecule has 4 heteroatoms. The third-order valence-electron chi connectivity index (χ3n) is 2.88. The van der Waals surface area contributed by atoms with Gasteiger partial charge in [-0.25, -0.2) is 0 Å². The van der Waals surface area contributed by atoms with Crippen molar-refractivity contribution in [3.63, 3.8) is 0 Å². The molecular formula is C13H18F3N. The second-order valence-corrected chi connectivity index (χ2v) is 4.61. The molecule has 0 saturated heterocycles. The van der Waals surface area contributed by atoms with Crippen LogP contribution in [-0.2, 0) is 12.7 Å². The van der Waals surface area contributed by atoms with E-state index in [9.17, 15) is 13.2 Å². The minimum absolute atomic E-state index is 0.282. The lowest BCUT2D eigenvalue weighted by atomic mass is 10.1. The first kappa shape index (κ1) is 14.0. The van der Waals surface area contributed by atoms with Crippen LogP contribution in [0.15, 0.2) is 24.3 Å². The van der Waals surface area contributed by atoms with Crippen LogP contribution in [0, 0.1) is 5.92 Å². The van der Waals surface area contributed by atoms with Gasteiger partial charge < -0.3 is 5.32 Å². The van der Waals surface area contributed by atoms with Crippen molar-refractivity contribution in [1.29, 1.82) is 0 Å². The van der Waals surface area contributed by atoms with Crippen molar-refractivity contribution in [3.05, 3.63) is 35.4 Å². The highest BCUT2D eigenvalue weighted by molar-refractivity contribution is 5.25. The summed E-state index contributed by atoms with van der Waals surface area (Å²) in [6.07, 6.45) is -4.26. The van der Waals surface area contributed by atoms with E-state index in [1.54, 1.807) is 6.07 Å². The Bertz CT molecular complexity index is 358. The Morgan fingerprint density at radius 3 is 2.35 bits per heavy atom. The largest absolute Gasteiger partial charge is 0.416 e. The molecule has 0 aliphatic carbocycles. The highest BCUT2D eigenvalue weighted by Gasteiger charge is 2.30. The smallest absolute Gasteiger partial charge is 0.310 e. The summed E-state index contributed by atoms with van der Waals surface area (Å²) in [4.78, 5) is 0. The number of hydrogen-bond acceptors (Lipinski definition) is 1. The fourth-order valence-electron chi connectivity index (χ4n) is 1.37. The summed E-state index contributed by atoms with van der Waals surface area (Å²) in [7, 11) is 0. The molecule has 1 aromatic carbocycles. The van der Waals surface area contributed by atoms with Gasteiger partial charge >= 0.3 is 6.18 Å². The molecule has 1 rings (SSSR count). The Morgan fingerprint density at radius 1 is 1.18 bits per heavy atom. The molecule has 0 heterocycles. The van der Waals surface area contributed by atoms with Crippen LogP contribution in [0.2, 0.25) is 0 Å². The molecule has 0 aromatic heterocycles. The van der Waals surface area contributed by atoms with Gasteiger partial charge in [0.2, 0.25) is 0 Å². The third-order valence-corrected chi connectivity index (χ3v) is 2.88. The zero-order valence-corrected chi connectivity index (χ0v) is 10.3. The number of hydrogen-bond donors (Lipinski definition) is 1. The van der Waals surface area contributed by atoms with Crippen LogP contribution >= 0.6 is 0 Å². The Balaban J connectivity index is 2.67. The SMILES string of the molecule is CC(C)C(C)NCc1cccc(C(F)(F)F)c1. The third kappa shape index (κ3) is 4.38. The minimum atomic E-state index is -4.26. The quantitative estimate of drug-likeness (QED) is 0.849. The van der Waals surface area contributed by atoms with Gasteiger partial charge in [-0.05, 0) is 24.5 Å². The zero-order chi connectivity index (χ0) is 13.1. The lowest BCUT2D eigenvalue weighted by Crippen LogP contribution is -2.30. The number of halogens is 3. The van der Waals surface area contributed by atoms with Gasteiger partial charge in [0, 0.05) is 12.6 Å². The lowest BCUT2D eigenvalue weighted by Gasteiger charge is -2.17. The van der Waals surface area contributed by atoms with E-state index in [-0.39, 0.29) is 6.04 Å². The first-order valence-electron chi connectivity index (χ1n) is 5.70. The van der Waals surface area contributed by atoms with Crippen molar-refractivity contribution in [1.82, 2.24) is 5.32 Å². The maximum absolute atomic E-state index is 12.5. The van der Waals surface area contributed by atoms with Gasteiger partial charge in [0.05, 0.1) is 5.56 Å². The summed E-state index contributed by atoms with van der Waals surface area (Å²) < 4.78 is 37.4. The summed E-state index contributed by atoms with van der Waals surface area (Å²) in [6.45, 7) is 6.63. The summed E-state index contributed by atoms with van der Waals surface area (Å²) in [5.41, 5.74) is 0.0707. The average molecular weight is 245 g/mol. The highest BCUT2D eigenvalue weighted by Crippen LogP contribution is 2.29. The summed E-state index contributed by atoms with van der Waals surface area (Å²) in [5, 5.41) is 3.21. The maximum atomic E-state index is 12.5. The van der Waals surface area contributed by atoms with E-state index in [1.165, 1.54) is 12.1 Å². The number of benzene rings is 1. The molecule has 1 nitrogen and oxygen atoms in total. The monoisotopic (exact) mass is 245 g/mol. The van der Waals surface area contributed by atoms with Crippen LogP contribution in [0.1, 0.15) is 31.9 Å². The molecule has 1 N–H and O–H groups in total. The van der Waals surface area contributed by atoms with Gasteiger partial charge in [-0.2, -0.15) is 13.2 Å². The standard InChI is InChI=1S/C13H18F3N/c1-9(2)10(3)17-8-11-5-4-6-12(7-11)13(14,15)16/h4-7,9-10,17H,8H2,1-3H3. The second kappa shape index (κ2) is 5.54. The fraction of sp³-hybridized carbons (Fsp3) is 0.538. The van der Waals surface area contributed by atoms with Crippen molar-refractivity contribution >= 4 is 0 Å². The molecule has 1 atom stereocenters. The topological polar surface area (TPSA) is 12.0 Å². The van der Waals surface area contributed by atoms with E-state index in [4.69, 9.17) is 0 Å². The van der Waals surface area contributed by atoms with Crippen LogP contribution in [0.5, 0.6) is 0 Å². The molecule has 1 unspecified atom stereocenters. The molecule has 0 spiro atoms. The first-order chi connectivity index (χ1) is 7.80. The molecule has 0 aliphatic rings. The van der Waals surface area contributed by atoms with E-state index in [0.29, 0.717) is 18.0 Å². The van der Waals surface area contributed by atoms with Crippen LogP contribution < -0.4 is 5.32 Å². The van der Waals surface area contributed by atoms with E-state index in [1.807, 2.05) is 6.92 Å². The van der Waals surface area contributed by atoms with Crippen molar-refractivity contribution in [2.75, 3.05) is 0 Å². The van der Waals surface area contributed by atoms with Crippen LogP contribution in [0.3, 0.4) is 0 Å². The van der Waals surface area contributed by atoms with Crippen molar-refractivity contribution in [2.45, 2.75) is 39.5 Å². The second-order valence-electron chi connectivity index (χ2n) is 4.61. The molecule has 0 amide bonds. The normalized spacial score (nSPS) is 14.1. The molecular weight excluding hydrogens is 227 g/mol. The minimum Gasteiger partial charge on any atom is -0.310 e. The molecule has 0 aliphatic heterocycles. The molecule has 0 radical (unpaired) electrons. The van der Waals surface area contributed by atoms with Gasteiger partial charge in [-0.3, -0.25) is 0 Å². The summed E-state index contributed by atoms with van der Waals surface area (Å²) in [5.74, 6) is 0.459. The highest BCUT2D eigenvalue weighted by atomic mass is 19.4. The predicted octanol–water partition coefficient (Wildman–Crippen LogP) is 3.84. The Labute approximate surface area is 100 Å². The Hall–Kier alpha value is -1.03. The van der Waals surface area contributed by atoms with E-state index >= 15 is 0 Å². The van der Waals surface area contributed by atoms with Crippen LogP contribution in [0.25, 0.3) is 0 Å². The van der Waals surface area contributed by atoms with Gasteiger partial charge in [0.25, 0.3) is 0 Å². The average Bonchev–Trinajstić information content (AvgIpc) is 2.25. The van der Waals surface area contributed by atoms with Gasteiger partial charge in [-0.1, -0.05) is 32.0 Å². The molecule has 17 heavy (non-hydrogen) atoms. The Morgan fingerprint density at radius 2 is 1.82 bits per heavy atom. The molecule has 1 aromatic rings. The number of alkyl halides is 3. The molecule has 96 valence electrons. The van der Waals surface area contributed by atoms with Gasteiger partial charge in [0.1, 0.15) is 0 Å². The molecule has 0 bridgehead atoms. The van der Waals surface area contributed by atoms with E-state index in [0.717, 1.165) is 6.07 Å². The van der Waals surface area contributed by atoms with E-state index in [2.05, 4.69) is 19.2 Å². The zero-order valence-electron chi connectivity index (χ0n) is 10.3. The lowest BCUT2D eigenvalue weighted by molar-refractivity contribution is -0.137. The van der Waals surface area contributed by atoms with Crippen LogP contribution in [-0.4, -0.2) is 6.04 Å². The van der Waals surface area contributed by atoms with Crippen LogP contribution in [0.4, 0.5) is 13.2 Å². The maximum Gasteiger partial charge on any atom is 0.416 e. The summed E-state index contributed by atoms with van der Waals surface area (Å²) in [6, 6.07) is 5.72. The van der Waals surface area contributed by atoms with Crippen molar-refractivity contribution in [2.24, 2.45) is 5.92 Å².